The molecule has 0 aliphatic carbocycles. The maximum Gasteiger partial charge on any atom is 0.267 e. The number of rotatable bonds is 1. The number of aromatic nitrogens is 3. The number of aromatic amines is 1. The molecular weight excluding hydrogens is 266 g/mol. The Morgan fingerprint density at radius 1 is 1.44 bits per heavy atom. The van der Waals surface area contributed by atoms with E-state index >= 15 is 0 Å². The Hall–Kier alpha value is -1.79. The second kappa shape index (κ2) is 4.15. The molecule has 3 aromatic rings. The number of thiophene rings is 1. The van der Waals surface area contributed by atoms with Crippen molar-refractivity contribution in [3.8, 4) is 5.69 Å². The van der Waals surface area contributed by atoms with Gasteiger partial charge >= 0.3 is 0 Å². The summed E-state index contributed by atoms with van der Waals surface area (Å²) in [6.45, 7) is 1.93. The fourth-order valence-corrected chi connectivity index (χ4v) is 2.97. The second-order valence-electron chi connectivity index (χ2n) is 3.90. The minimum absolute atomic E-state index is 0.105. The topological polar surface area (TPSA) is 50.7 Å². The Labute approximate surface area is 112 Å². The quantitative estimate of drug-likeness (QED) is 0.695. The minimum atomic E-state index is -0.105. The molecule has 4 nitrogen and oxygen atoms in total. The molecule has 0 bridgehead atoms. The van der Waals surface area contributed by atoms with Crippen LogP contribution in [-0.4, -0.2) is 14.5 Å². The van der Waals surface area contributed by atoms with Crippen LogP contribution in [0.4, 0.5) is 0 Å². The molecule has 0 amide bonds. The summed E-state index contributed by atoms with van der Waals surface area (Å²) in [7, 11) is 0. The van der Waals surface area contributed by atoms with Crippen molar-refractivity contribution in [1.82, 2.24) is 14.5 Å². The number of fused-ring (bicyclic) bond motifs is 1. The fourth-order valence-electron chi connectivity index (χ4n) is 1.85. The molecular formula is C12H9N3OS2. The Bertz CT molecular complexity index is 844. The summed E-state index contributed by atoms with van der Waals surface area (Å²) in [5.41, 5.74) is 1.57. The maximum absolute atomic E-state index is 12.4. The first kappa shape index (κ1) is 11.3. The first-order valence-corrected chi connectivity index (χ1v) is 6.61. The zero-order chi connectivity index (χ0) is 12.7. The Kier molecular flexibility index (Phi) is 2.61. The van der Waals surface area contributed by atoms with Crippen LogP contribution in [0.25, 0.3) is 15.9 Å². The summed E-state index contributed by atoms with van der Waals surface area (Å²) in [5.74, 6) is 0. The summed E-state index contributed by atoms with van der Waals surface area (Å²) in [6.07, 6.45) is 3.35. The van der Waals surface area contributed by atoms with Gasteiger partial charge in [0.2, 0.25) is 0 Å². The highest BCUT2D eigenvalue weighted by Gasteiger charge is 2.09. The molecule has 18 heavy (non-hydrogen) atoms. The first-order valence-electron chi connectivity index (χ1n) is 5.32. The van der Waals surface area contributed by atoms with Crippen LogP contribution < -0.4 is 5.56 Å². The first-order chi connectivity index (χ1) is 8.68. The Morgan fingerprint density at radius 2 is 2.28 bits per heavy atom. The van der Waals surface area contributed by atoms with E-state index < -0.39 is 0 Å². The lowest BCUT2D eigenvalue weighted by Crippen LogP contribution is -2.20. The van der Waals surface area contributed by atoms with Crippen LogP contribution in [0.5, 0.6) is 0 Å². The molecule has 6 heteroatoms. The van der Waals surface area contributed by atoms with Crippen LogP contribution in [0.1, 0.15) is 5.56 Å². The van der Waals surface area contributed by atoms with E-state index in [1.165, 1.54) is 15.9 Å². The van der Waals surface area contributed by atoms with Gasteiger partial charge in [-0.3, -0.25) is 14.3 Å². The van der Waals surface area contributed by atoms with Crippen LogP contribution in [0.15, 0.2) is 34.7 Å². The van der Waals surface area contributed by atoms with E-state index in [9.17, 15) is 4.79 Å². The summed E-state index contributed by atoms with van der Waals surface area (Å²) in [5, 5.41) is 2.52. The average molecular weight is 275 g/mol. The van der Waals surface area contributed by atoms with Crippen molar-refractivity contribution >= 4 is 33.8 Å². The molecule has 0 unspecified atom stereocenters. The third-order valence-electron chi connectivity index (χ3n) is 2.77. The summed E-state index contributed by atoms with van der Waals surface area (Å²) < 4.78 is 1.89. The molecule has 3 rings (SSSR count). The number of H-pyrrole nitrogens is 1. The van der Waals surface area contributed by atoms with Crippen molar-refractivity contribution in [2.75, 3.05) is 0 Å². The van der Waals surface area contributed by atoms with Gasteiger partial charge in [0.25, 0.3) is 5.56 Å². The molecule has 0 fully saturated rings. The monoisotopic (exact) mass is 275 g/mol. The second-order valence-corrected chi connectivity index (χ2v) is 5.20. The lowest BCUT2D eigenvalue weighted by atomic mass is 10.2. The lowest BCUT2D eigenvalue weighted by molar-refractivity contribution is 0.924. The van der Waals surface area contributed by atoms with Gasteiger partial charge in [-0.1, -0.05) is 0 Å². The van der Waals surface area contributed by atoms with Crippen LogP contribution in [-0.2, 0) is 0 Å². The van der Waals surface area contributed by atoms with Crippen molar-refractivity contribution in [2.45, 2.75) is 6.92 Å². The fraction of sp³-hybridized carbons (Fsp3) is 0.0833. The standard InChI is InChI=1S/C12H9N3OS2/c1-7-2-4-13-6-9(7)15-11(16)8-3-5-18-10(8)14-12(15)17/h2-6H,1H3,(H,14,17). The molecule has 0 aliphatic heterocycles. The Morgan fingerprint density at radius 3 is 3.06 bits per heavy atom. The molecule has 0 atom stereocenters. The SMILES string of the molecule is Cc1ccncc1-n1c(=S)[nH]c2sccc2c1=O. The molecule has 0 radical (unpaired) electrons. The third-order valence-corrected chi connectivity index (χ3v) is 3.89. The predicted molar refractivity (Wildman–Crippen MR) is 75.1 cm³/mol. The van der Waals surface area contributed by atoms with E-state index in [-0.39, 0.29) is 5.56 Å². The average Bonchev–Trinajstić information content (AvgIpc) is 2.79. The van der Waals surface area contributed by atoms with Gasteiger partial charge in [-0.15, -0.1) is 11.3 Å². The summed E-state index contributed by atoms with van der Waals surface area (Å²) in [6, 6.07) is 3.66. The van der Waals surface area contributed by atoms with E-state index in [1.54, 1.807) is 18.5 Å². The number of hydrogen-bond donors (Lipinski definition) is 1. The van der Waals surface area contributed by atoms with Crippen LogP contribution in [0, 0.1) is 11.7 Å². The summed E-state index contributed by atoms with van der Waals surface area (Å²) in [4.78, 5) is 20.4. The van der Waals surface area contributed by atoms with E-state index in [1.807, 2.05) is 18.4 Å². The molecule has 3 heterocycles. The van der Waals surface area contributed by atoms with Gasteiger partial charge in [0.05, 0.1) is 17.3 Å². The van der Waals surface area contributed by atoms with Gasteiger partial charge in [-0.25, -0.2) is 0 Å². The normalized spacial score (nSPS) is 10.9. The molecule has 90 valence electrons. The van der Waals surface area contributed by atoms with Crippen molar-refractivity contribution in [3.05, 3.63) is 50.6 Å². The predicted octanol–water partition coefficient (Wildman–Crippen LogP) is 2.81. The number of hydrogen-bond acceptors (Lipinski definition) is 4. The summed E-state index contributed by atoms with van der Waals surface area (Å²) >= 11 is 6.73. The van der Waals surface area contributed by atoms with Crippen molar-refractivity contribution in [2.24, 2.45) is 0 Å². The zero-order valence-corrected chi connectivity index (χ0v) is 11.1. The lowest BCUT2D eigenvalue weighted by Gasteiger charge is -2.08. The van der Waals surface area contributed by atoms with E-state index in [2.05, 4.69) is 9.97 Å². The van der Waals surface area contributed by atoms with Crippen molar-refractivity contribution in [3.63, 3.8) is 0 Å². The highest BCUT2D eigenvalue weighted by molar-refractivity contribution is 7.71. The van der Waals surface area contributed by atoms with Gasteiger partial charge in [-0.2, -0.15) is 0 Å². The molecule has 0 saturated carbocycles. The third kappa shape index (κ3) is 1.61. The van der Waals surface area contributed by atoms with E-state index in [0.29, 0.717) is 10.2 Å². The Balaban J connectivity index is 2.47. The van der Waals surface area contributed by atoms with E-state index in [4.69, 9.17) is 12.2 Å². The largest absolute Gasteiger partial charge is 0.323 e. The van der Waals surface area contributed by atoms with Crippen LogP contribution in [0.2, 0.25) is 0 Å². The number of pyridine rings is 1. The van der Waals surface area contributed by atoms with Crippen molar-refractivity contribution in [1.29, 1.82) is 0 Å². The highest BCUT2D eigenvalue weighted by atomic mass is 32.1. The minimum Gasteiger partial charge on any atom is -0.323 e. The van der Waals surface area contributed by atoms with Gasteiger partial charge < -0.3 is 4.98 Å². The van der Waals surface area contributed by atoms with Crippen LogP contribution >= 0.6 is 23.6 Å². The van der Waals surface area contributed by atoms with Crippen LogP contribution in [0.3, 0.4) is 0 Å². The smallest absolute Gasteiger partial charge is 0.267 e. The molecule has 0 saturated heterocycles. The van der Waals surface area contributed by atoms with Gasteiger partial charge in [0.1, 0.15) is 4.83 Å². The molecule has 0 aromatic carbocycles. The molecule has 3 aromatic heterocycles. The number of nitrogens with one attached hydrogen (secondary N) is 1. The van der Waals surface area contributed by atoms with Crippen molar-refractivity contribution < 1.29 is 0 Å². The van der Waals surface area contributed by atoms with Gasteiger partial charge in [0, 0.05) is 6.20 Å². The molecule has 1 N–H and O–H groups in total. The van der Waals surface area contributed by atoms with E-state index in [0.717, 1.165) is 16.1 Å². The zero-order valence-electron chi connectivity index (χ0n) is 9.51. The highest BCUT2D eigenvalue weighted by Crippen LogP contribution is 2.17. The number of aryl methyl sites for hydroxylation is 1. The molecule has 0 spiro atoms. The maximum atomic E-state index is 12.4. The molecule has 0 aliphatic rings. The number of nitrogens with zero attached hydrogens (tertiary/aromatic N) is 2. The van der Waals surface area contributed by atoms with Gasteiger partial charge in [0.15, 0.2) is 4.77 Å². The van der Waals surface area contributed by atoms with Gasteiger partial charge in [-0.05, 0) is 42.2 Å².